The summed E-state index contributed by atoms with van der Waals surface area (Å²) in [5.41, 5.74) is 29.1. The molecule has 8 aromatic carbocycles. The number of hydrogen-bond donors (Lipinski definition) is 0. The Morgan fingerprint density at radius 1 is 0.405 bits per heavy atom. The van der Waals surface area contributed by atoms with Crippen molar-refractivity contribution in [2.45, 2.75) is 174 Å². The van der Waals surface area contributed by atoms with Crippen molar-refractivity contribution >= 4 is 63.3 Å². The van der Waals surface area contributed by atoms with Crippen LogP contribution in [0.25, 0.3) is 22.3 Å². The minimum Gasteiger partial charge on any atom is -0.376 e. The molecule has 0 fully saturated rings. The number of anilines is 8. The van der Waals surface area contributed by atoms with Crippen LogP contribution in [-0.4, -0.2) is 6.85 Å². The highest BCUT2D eigenvalue weighted by molar-refractivity contribution is 6.93. The average Bonchev–Trinajstić information content (AvgIpc) is 2.64. The van der Waals surface area contributed by atoms with Gasteiger partial charge in [-0.05, 0) is 203 Å². The van der Waals surface area contributed by atoms with Gasteiger partial charge in [0.2, 0.25) is 0 Å². The summed E-state index contributed by atoms with van der Waals surface area (Å²) in [6.07, 6.45) is 4.69. The van der Waals surface area contributed by atoms with Crippen LogP contribution < -0.4 is 25.5 Å². The third-order valence-corrected chi connectivity index (χ3v) is 20.1. The monoisotopic (exact) mass is 1040 g/mol. The number of nitrogens with zero attached hydrogens (tertiary/aromatic N) is 3. The van der Waals surface area contributed by atoms with E-state index in [2.05, 4.69) is 283 Å². The lowest BCUT2D eigenvalue weighted by molar-refractivity contribution is 0.331. The average molecular weight is 1040 g/mol. The molecule has 0 saturated heterocycles. The topological polar surface area (TPSA) is 9.72 Å². The second-order valence-corrected chi connectivity index (χ2v) is 29.6. The van der Waals surface area contributed by atoms with Crippen molar-refractivity contribution < 1.29 is 0 Å². The van der Waals surface area contributed by atoms with Crippen molar-refractivity contribution in [3.05, 3.63) is 202 Å². The summed E-state index contributed by atoms with van der Waals surface area (Å²) in [5.74, 6) is 0. The van der Waals surface area contributed by atoms with E-state index < -0.39 is 0 Å². The molecule has 0 amide bonds. The molecule has 400 valence electrons. The maximum Gasteiger partial charge on any atom is 0.333 e. The van der Waals surface area contributed by atoms with Crippen LogP contribution in [0.2, 0.25) is 0 Å². The van der Waals surface area contributed by atoms with Gasteiger partial charge >= 0.3 is 6.85 Å². The highest BCUT2D eigenvalue weighted by Crippen LogP contribution is 2.59. The molecular weight excluding hydrogens is 954 g/mol. The van der Waals surface area contributed by atoms with E-state index in [0.717, 1.165) is 23.5 Å². The molecule has 3 heterocycles. The predicted molar refractivity (Wildman–Crippen MR) is 340 cm³/mol. The van der Waals surface area contributed by atoms with Gasteiger partial charge < -0.3 is 14.6 Å². The molecule has 4 heteroatoms. The third-order valence-electron chi connectivity index (χ3n) is 20.1. The fraction of sp³-hybridized carbons (Fsp3) is 0.360. The van der Waals surface area contributed by atoms with Crippen LogP contribution in [0.3, 0.4) is 0 Å². The molecule has 2 aliphatic carbocycles. The van der Waals surface area contributed by atoms with Crippen LogP contribution in [-0.2, 0) is 37.9 Å². The minimum absolute atomic E-state index is 0.0319. The summed E-state index contributed by atoms with van der Waals surface area (Å²) in [6, 6.07) is 62.5. The molecule has 0 aromatic heterocycles. The van der Waals surface area contributed by atoms with Gasteiger partial charge in [0.05, 0.1) is 5.69 Å². The third kappa shape index (κ3) is 7.95. The second kappa shape index (κ2) is 17.1. The first-order valence-corrected chi connectivity index (χ1v) is 29.6. The summed E-state index contributed by atoms with van der Waals surface area (Å²) in [4.78, 5) is 8.00. The van der Waals surface area contributed by atoms with Crippen molar-refractivity contribution in [1.29, 1.82) is 0 Å². The first kappa shape index (κ1) is 51.6. The Bertz CT molecular complexity index is 3720. The lowest BCUT2D eigenvalue weighted by Crippen LogP contribution is -2.62. The van der Waals surface area contributed by atoms with Crippen LogP contribution in [0.1, 0.15) is 181 Å². The highest BCUT2D eigenvalue weighted by Gasteiger charge is 2.51. The maximum atomic E-state index is 2.76. The quantitative estimate of drug-likeness (QED) is 0.159. The fourth-order valence-corrected chi connectivity index (χ4v) is 14.8. The van der Waals surface area contributed by atoms with Crippen LogP contribution in [0, 0.1) is 0 Å². The zero-order valence-corrected chi connectivity index (χ0v) is 50.3. The Labute approximate surface area is 474 Å². The zero-order chi connectivity index (χ0) is 55.7. The summed E-state index contributed by atoms with van der Waals surface area (Å²) >= 11 is 0. The van der Waals surface area contributed by atoms with Crippen molar-refractivity contribution in [3.8, 4) is 22.3 Å². The number of rotatable bonds is 5. The van der Waals surface area contributed by atoms with Crippen molar-refractivity contribution in [1.82, 2.24) is 0 Å². The Balaban J connectivity index is 1.13. The van der Waals surface area contributed by atoms with Crippen molar-refractivity contribution in [2.24, 2.45) is 0 Å². The Morgan fingerprint density at radius 3 is 1.53 bits per heavy atom. The predicted octanol–water partition coefficient (Wildman–Crippen LogP) is 19.5. The molecule has 0 atom stereocenters. The number of benzene rings is 8. The molecule has 3 nitrogen and oxygen atoms in total. The van der Waals surface area contributed by atoms with E-state index >= 15 is 0 Å². The summed E-state index contributed by atoms with van der Waals surface area (Å²) < 4.78 is 0. The molecular formula is C75H82BN3. The lowest BCUT2D eigenvalue weighted by Gasteiger charge is -2.52. The minimum atomic E-state index is -0.255. The molecule has 3 aliphatic heterocycles. The largest absolute Gasteiger partial charge is 0.376 e. The molecule has 13 rings (SSSR count). The van der Waals surface area contributed by atoms with Gasteiger partial charge in [0.1, 0.15) is 0 Å². The number of hydrogen-bond acceptors (Lipinski definition) is 3. The second-order valence-electron chi connectivity index (χ2n) is 29.6. The maximum absolute atomic E-state index is 2.76. The first-order chi connectivity index (χ1) is 37.2. The van der Waals surface area contributed by atoms with Crippen LogP contribution in [0.4, 0.5) is 45.5 Å². The molecule has 0 bridgehead atoms. The van der Waals surface area contributed by atoms with Gasteiger partial charge in [-0.2, -0.15) is 0 Å². The molecule has 0 N–H and O–H groups in total. The Morgan fingerprint density at radius 2 is 0.949 bits per heavy atom. The van der Waals surface area contributed by atoms with Gasteiger partial charge in [0.25, 0.3) is 0 Å². The first-order valence-electron chi connectivity index (χ1n) is 29.6. The molecule has 0 unspecified atom stereocenters. The van der Waals surface area contributed by atoms with Gasteiger partial charge in [-0.25, -0.2) is 0 Å². The molecule has 0 spiro atoms. The van der Waals surface area contributed by atoms with Crippen LogP contribution in [0.5, 0.6) is 0 Å². The van der Waals surface area contributed by atoms with Crippen molar-refractivity contribution in [3.63, 3.8) is 0 Å². The number of para-hydroxylation sites is 1. The van der Waals surface area contributed by atoms with E-state index in [4.69, 9.17) is 0 Å². The summed E-state index contributed by atoms with van der Waals surface area (Å²) in [5, 5.41) is 0. The fourth-order valence-electron chi connectivity index (χ4n) is 14.8. The smallest absolute Gasteiger partial charge is 0.333 e. The Kier molecular flexibility index (Phi) is 11.2. The zero-order valence-electron chi connectivity index (χ0n) is 50.3. The van der Waals surface area contributed by atoms with Crippen LogP contribution in [0.15, 0.2) is 158 Å². The van der Waals surface area contributed by atoms with Gasteiger partial charge in [-0.3, -0.25) is 0 Å². The van der Waals surface area contributed by atoms with E-state index in [-0.39, 0.29) is 44.8 Å². The normalized spacial score (nSPS) is 18.4. The molecule has 0 radical (unpaired) electrons. The number of fused-ring (bicyclic) bond motifs is 8. The van der Waals surface area contributed by atoms with E-state index in [0.29, 0.717) is 0 Å². The molecule has 8 aromatic rings. The van der Waals surface area contributed by atoms with Gasteiger partial charge in [0.15, 0.2) is 0 Å². The molecule has 5 aliphatic rings. The Hall–Kier alpha value is -6.78. The SMILES string of the molecule is CC(C)(C)c1ccc(N(c2ccc(C(C)(C)C)cc2)c2ccc3c(c2)-c2cc(-c4ccccc4)cc4c2B(c2cccc5c2N4c2cc4c(cc2C5(C)C)C(C)(C)CCC4(C)C)N3c2ccc3c(c2)C(C)(C)CCC3(C)C)cc1. The summed E-state index contributed by atoms with van der Waals surface area (Å²) in [6.45, 7) is 38.5. The molecule has 0 saturated carbocycles. The van der Waals surface area contributed by atoms with Crippen molar-refractivity contribution in [2.75, 3.05) is 14.6 Å². The van der Waals surface area contributed by atoms with Gasteiger partial charge in [-0.1, -0.05) is 196 Å². The van der Waals surface area contributed by atoms with E-state index in [9.17, 15) is 0 Å². The van der Waals surface area contributed by atoms with E-state index in [1.54, 1.807) is 0 Å². The van der Waals surface area contributed by atoms with E-state index in [1.165, 1.54) is 125 Å². The standard InChI is InChI=1S/C75H82BN3/c1-69(2,3)49-25-29-51(30-26-49)77(52-31-27-50(28-32-52)70(4,5)6)53-34-36-64-55(43-53)56-41-48(47-21-18-17-19-22-47)42-66-67(56)76(79(64)54-33-35-57-59(44-54)72(9,10)38-37-71(57,7)8)63-24-20-23-58-68(63)78(66)65-46-61-60(45-62(65)75(58,15)16)73(11,12)39-40-74(61,13)14/h17-36,41-46H,37-40H2,1-16H3. The molecule has 79 heavy (non-hydrogen) atoms. The summed E-state index contributed by atoms with van der Waals surface area (Å²) in [7, 11) is 0. The highest BCUT2D eigenvalue weighted by atomic mass is 15.2. The van der Waals surface area contributed by atoms with Gasteiger partial charge in [-0.15, -0.1) is 0 Å². The van der Waals surface area contributed by atoms with E-state index in [1.807, 2.05) is 0 Å². The van der Waals surface area contributed by atoms with Gasteiger partial charge in [0, 0.05) is 50.8 Å². The lowest BCUT2D eigenvalue weighted by atomic mass is 9.42. The van der Waals surface area contributed by atoms with Crippen LogP contribution >= 0.6 is 0 Å².